The predicted octanol–water partition coefficient (Wildman–Crippen LogP) is 2.37. The fraction of sp³-hybridized carbons (Fsp3) is 0.250. The summed E-state index contributed by atoms with van der Waals surface area (Å²) >= 11 is 0. The molecule has 84 valence electrons. The van der Waals surface area contributed by atoms with E-state index in [0.29, 0.717) is 13.0 Å². The maximum atomic E-state index is 11.1. The first-order valence-electron chi connectivity index (χ1n) is 5.12. The Morgan fingerprint density at radius 2 is 2.19 bits per heavy atom. The van der Waals surface area contributed by atoms with Gasteiger partial charge in [0.05, 0.1) is 6.04 Å². The van der Waals surface area contributed by atoms with Crippen LogP contribution in [0.25, 0.3) is 0 Å². The first-order valence-corrected chi connectivity index (χ1v) is 5.12. The Balaban J connectivity index is 2.31. The molecule has 2 N–H and O–H groups in total. The van der Waals surface area contributed by atoms with Gasteiger partial charge in [-0.1, -0.05) is 24.3 Å². The highest BCUT2D eigenvalue weighted by Crippen LogP contribution is 2.29. The molecule has 2 rings (SSSR count). The largest absolute Gasteiger partial charge is 0.508 e. The van der Waals surface area contributed by atoms with Crippen LogP contribution in [0.3, 0.4) is 0 Å². The van der Waals surface area contributed by atoms with E-state index in [2.05, 4.69) is 0 Å². The lowest BCUT2D eigenvalue weighted by Crippen LogP contribution is -2.35. The SMILES string of the molecule is O=C(O)N1CC=CCC1c1cccc(O)c1. The molecule has 1 heterocycles. The van der Waals surface area contributed by atoms with Gasteiger partial charge >= 0.3 is 6.09 Å². The number of nitrogens with zero attached hydrogens (tertiary/aromatic N) is 1. The molecule has 0 fully saturated rings. The van der Waals surface area contributed by atoms with Gasteiger partial charge in [0.15, 0.2) is 0 Å². The van der Waals surface area contributed by atoms with E-state index in [1.165, 1.54) is 4.90 Å². The summed E-state index contributed by atoms with van der Waals surface area (Å²) < 4.78 is 0. The molecular weight excluding hydrogens is 206 g/mol. The molecule has 0 saturated carbocycles. The topological polar surface area (TPSA) is 60.8 Å². The van der Waals surface area contributed by atoms with Crippen molar-refractivity contribution in [2.24, 2.45) is 0 Å². The highest BCUT2D eigenvalue weighted by molar-refractivity contribution is 5.66. The maximum absolute atomic E-state index is 11.1. The molecule has 0 aromatic heterocycles. The van der Waals surface area contributed by atoms with E-state index in [1.54, 1.807) is 18.2 Å². The number of aromatic hydroxyl groups is 1. The smallest absolute Gasteiger partial charge is 0.408 e. The third-order valence-electron chi connectivity index (χ3n) is 2.71. The van der Waals surface area contributed by atoms with Crippen molar-refractivity contribution in [1.82, 2.24) is 4.90 Å². The Kier molecular flexibility index (Phi) is 2.81. The van der Waals surface area contributed by atoms with Crippen molar-refractivity contribution in [3.63, 3.8) is 0 Å². The lowest BCUT2D eigenvalue weighted by molar-refractivity contribution is 0.128. The van der Waals surface area contributed by atoms with Crippen LogP contribution in [0, 0.1) is 0 Å². The van der Waals surface area contributed by atoms with Crippen LogP contribution < -0.4 is 0 Å². The van der Waals surface area contributed by atoms with Crippen LogP contribution in [0.1, 0.15) is 18.0 Å². The number of amides is 1. The van der Waals surface area contributed by atoms with Crippen LogP contribution in [0.4, 0.5) is 4.79 Å². The lowest BCUT2D eigenvalue weighted by atomic mass is 9.99. The van der Waals surface area contributed by atoms with Gasteiger partial charge in [-0.05, 0) is 24.1 Å². The summed E-state index contributed by atoms with van der Waals surface area (Å²) in [5.74, 6) is 0.164. The second kappa shape index (κ2) is 4.26. The van der Waals surface area contributed by atoms with Crippen LogP contribution >= 0.6 is 0 Å². The molecule has 4 heteroatoms. The minimum Gasteiger partial charge on any atom is -0.508 e. The highest BCUT2D eigenvalue weighted by Gasteiger charge is 2.25. The second-order valence-electron chi connectivity index (χ2n) is 3.75. The van der Waals surface area contributed by atoms with Gasteiger partial charge in [0.1, 0.15) is 5.75 Å². The zero-order chi connectivity index (χ0) is 11.5. The minimum atomic E-state index is -0.933. The van der Waals surface area contributed by atoms with Gasteiger partial charge in [0, 0.05) is 6.54 Å². The van der Waals surface area contributed by atoms with Gasteiger partial charge in [-0.2, -0.15) is 0 Å². The molecule has 1 aromatic carbocycles. The average Bonchev–Trinajstić information content (AvgIpc) is 2.29. The zero-order valence-electron chi connectivity index (χ0n) is 8.71. The Bertz CT molecular complexity index is 428. The van der Waals surface area contributed by atoms with E-state index in [4.69, 9.17) is 5.11 Å². The number of benzene rings is 1. The number of carbonyl (C=O) groups is 1. The third-order valence-corrected chi connectivity index (χ3v) is 2.71. The van der Waals surface area contributed by atoms with Crippen molar-refractivity contribution in [2.45, 2.75) is 12.5 Å². The summed E-state index contributed by atoms with van der Waals surface area (Å²) in [6.07, 6.45) is 3.52. The molecule has 1 aliphatic heterocycles. The molecule has 0 bridgehead atoms. The normalized spacial score (nSPS) is 19.8. The first kappa shape index (κ1) is 10.5. The Morgan fingerprint density at radius 3 is 2.88 bits per heavy atom. The van der Waals surface area contributed by atoms with Crippen LogP contribution in [0.2, 0.25) is 0 Å². The van der Waals surface area contributed by atoms with E-state index < -0.39 is 6.09 Å². The van der Waals surface area contributed by atoms with Crippen LogP contribution in [0.5, 0.6) is 5.75 Å². The summed E-state index contributed by atoms with van der Waals surface area (Å²) in [5, 5.41) is 18.5. The molecule has 1 amide bonds. The van der Waals surface area contributed by atoms with Gasteiger partial charge in [-0.25, -0.2) is 4.79 Å². The molecule has 1 unspecified atom stereocenters. The summed E-state index contributed by atoms with van der Waals surface area (Å²) in [6.45, 7) is 0.398. The first-order chi connectivity index (χ1) is 7.68. The maximum Gasteiger partial charge on any atom is 0.408 e. The molecule has 1 aliphatic rings. The van der Waals surface area contributed by atoms with Crippen molar-refractivity contribution in [3.8, 4) is 5.75 Å². The number of phenols is 1. The monoisotopic (exact) mass is 219 g/mol. The Morgan fingerprint density at radius 1 is 1.38 bits per heavy atom. The van der Waals surface area contributed by atoms with Crippen molar-refractivity contribution in [2.75, 3.05) is 6.54 Å². The molecule has 0 saturated heterocycles. The standard InChI is InChI=1S/C12H13NO3/c14-10-5-3-4-9(8-10)11-6-1-2-7-13(11)12(15)16/h1-5,8,11,14H,6-7H2,(H,15,16). The van der Waals surface area contributed by atoms with Crippen molar-refractivity contribution >= 4 is 6.09 Å². The lowest BCUT2D eigenvalue weighted by Gasteiger charge is -2.30. The number of carboxylic acid groups (broad SMARTS) is 1. The fourth-order valence-corrected chi connectivity index (χ4v) is 1.93. The number of phenolic OH excluding ortho intramolecular Hbond substituents is 1. The van der Waals surface area contributed by atoms with Gasteiger partial charge in [0.25, 0.3) is 0 Å². The zero-order valence-corrected chi connectivity index (χ0v) is 8.71. The molecule has 0 radical (unpaired) electrons. The Labute approximate surface area is 93.4 Å². The van der Waals surface area contributed by atoms with Crippen molar-refractivity contribution in [3.05, 3.63) is 42.0 Å². The third kappa shape index (κ3) is 2.00. The molecule has 1 atom stereocenters. The van der Waals surface area contributed by atoms with Gasteiger partial charge in [-0.15, -0.1) is 0 Å². The van der Waals surface area contributed by atoms with Gasteiger partial charge < -0.3 is 10.2 Å². The highest BCUT2D eigenvalue weighted by atomic mass is 16.4. The minimum absolute atomic E-state index is 0.164. The van der Waals surface area contributed by atoms with E-state index in [-0.39, 0.29) is 11.8 Å². The van der Waals surface area contributed by atoms with E-state index in [0.717, 1.165) is 5.56 Å². The van der Waals surface area contributed by atoms with E-state index in [9.17, 15) is 9.90 Å². The number of hydrogen-bond acceptors (Lipinski definition) is 2. The fourth-order valence-electron chi connectivity index (χ4n) is 1.93. The van der Waals surface area contributed by atoms with E-state index >= 15 is 0 Å². The quantitative estimate of drug-likeness (QED) is 0.713. The second-order valence-corrected chi connectivity index (χ2v) is 3.75. The van der Waals surface area contributed by atoms with E-state index in [1.807, 2.05) is 18.2 Å². The molecule has 16 heavy (non-hydrogen) atoms. The molecule has 1 aromatic rings. The predicted molar refractivity (Wildman–Crippen MR) is 59.3 cm³/mol. The Hall–Kier alpha value is -1.97. The summed E-state index contributed by atoms with van der Waals surface area (Å²) in [6, 6.07) is 6.55. The molecule has 0 aliphatic carbocycles. The molecule has 4 nitrogen and oxygen atoms in total. The summed E-state index contributed by atoms with van der Waals surface area (Å²) in [4.78, 5) is 12.4. The van der Waals surface area contributed by atoms with Gasteiger partial charge in [-0.3, -0.25) is 4.90 Å². The van der Waals surface area contributed by atoms with Crippen LogP contribution in [-0.4, -0.2) is 27.8 Å². The number of rotatable bonds is 1. The van der Waals surface area contributed by atoms with Crippen molar-refractivity contribution in [1.29, 1.82) is 0 Å². The average molecular weight is 219 g/mol. The van der Waals surface area contributed by atoms with Crippen molar-refractivity contribution < 1.29 is 15.0 Å². The summed E-state index contributed by atoms with van der Waals surface area (Å²) in [7, 11) is 0. The molecular formula is C12H13NO3. The van der Waals surface area contributed by atoms with Gasteiger partial charge in [0.2, 0.25) is 0 Å². The summed E-state index contributed by atoms with van der Waals surface area (Å²) in [5.41, 5.74) is 0.826. The van der Waals surface area contributed by atoms with Crippen LogP contribution in [-0.2, 0) is 0 Å². The van der Waals surface area contributed by atoms with Crippen LogP contribution in [0.15, 0.2) is 36.4 Å². The number of hydrogen-bond donors (Lipinski definition) is 2. The molecule has 0 spiro atoms.